The molecular formula is C20H20N4O3S. The van der Waals surface area contributed by atoms with Crippen LogP contribution in [-0.4, -0.2) is 27.2 Å². The molecule has 0 unspecified atom stereocenters. The highest BCUT2D eigenvalue weighted by Gasteiger charge is 2.16. The van der Waals surface area contributed by atoms with E-state index in [4.69, 9.17) is 4.74 Å². The highest BCUT2D eigenvalue weighted by Crippen LogP contribution is 2.24. The van der Waals surface area contributed by atoms with Gasteiger partial charge < -0.3 is 10.1 Å². The van der Waals surface area contributed by atoms with E-state index in [9.17, 15) is 9.59 Å². The topological polar surface area (TPSA) is 77.6 Å². The molecule has 144 valence electrons. The summed E-state index contributed by atoms with van der Waals surface area (Å²) in [7, 11) is 1.61. The molecule has 1 N–H and O–H groups in total. The standard InChI is InChI=1S/C20H20N4O3S/c1-12(14-4-6-15(27-3)7-5-14)21-19(25)11-23-20(26)17-10-18-16(8-9-28-18)24(17)13(2)22-23/h4-10,12H,11H2,1-3H3,(H,21,25)/t12-/m1/s1. The van der Waals surface area contributed by atoms with Gasteiger partial charge in [0.15, 0.2) is 0 Å². The normalized spacial score (nSPS) is 12.4. The first-order valence-corrected chi connectivity index (χ1v) is 9.75. The Balaban J connectivity index is 1.56. The van der Waals surface area contributed by atoms with Gasteiger partial charge in [-0.25, -0.2) is 4.68 Å². The predicted molar refractivity (Wildman–Crippen MR) is 109 cm³/mol. The lowest BCUT2D eigenvalue weighted by Gasteiger charge is -2.15. The summed E-state index contributed by atoms with van der Waals surface area (Å²) in [5.74, 6) is 1.16. The molecule has 4 rings (SSSR count). The predicted octanol–water partition coefficient (Wildman–Crippen LogP) is 2.91. The number of nitrogens with one attached hydrogen (secondary N) is 1. The summed E-state index contributed by atoms with van der Waals surface area (Å²) in [4.78, 5) is 25.3. The van der Waals surface area contributed by atoms with E-state index in [2.05, 4.69) is 10.4 Å². The molecule has 4 aromatic rings. The van der Waals surface area contributed by atoms with Crippen molar-refractivity contribution in [3.63, 3.8) is 0 Å². The zero-order valence-electron chi connectivity index (χ0n) is 15.8. The van der Waals surface area contributed by atoms with Crippen molar-refractivity contribution in [1.29, 1.82) is 0 Å². The molecular weight excluding hydrogens is 376 g/mol. The lowest BCUT2D eigenvalue weighted by atomic mass is 10.1. The Morgan fingerprint density at radius 1 is 1.25 bits per heavy atom. The summed E-state index contributed by atoms with van der Waals surface area (Å²) in [5.41, 5.74) is 2.17. The molecule has 0 radical (unpaired) electrons. The van der Waals surface area contributed by atoms with Gasteiger partial charge in [0.2, 0.25) is 5.91 Å². The third-order valence-electron chi connectivity index (χ3n) is 4.75. The molecule has 8 heteroatoms. The van der Waals surface area contributed by atoms with Gasteiger partial charge in [0.1, 0.15) is 23.6 Å². The number of aryl methyl sites for hydroxylation is 1. The average Bonchev–Trinajstić information content (AvgIpc) is 3.27. The van der Waals surface area contributed by atoms with Crippen LogP contribution in [0.2, 0.25) is 0 Å². The molecule has 3 heterocycles. The van der Waals surface area contributed by atoms with E-state index in [0.717, 1.165) is 21.5 Å². The minimum atomic E-state index is -0.277. The van der Waals surface area contributed by atoms with Gasteiger partial charge in [0.05, 0.1) is 23.4 Å². The van der Waals surface area contributed by atoms with Gasteiger partial charge in [-0.2, -0.15) is 5.10 Å². The van der Waals surface area contributed by atoms with Crippen LogP contribution in [0.15, 0.2) is 46.6 Å². The third-order valence-corrected chi connectivity index (χ3v) is 5.61. The Kier molecular flexibility index (Phi) is 4.64. The van der Waals surface area contributed by atoms with Gasteiger partial charge in [-0.15, -0.1) is 11.3 Å². The smallest absolute Gasteiger partial charge is 0.291 e. The average molecular weight is 396 g/mol. The number of amides is 1. The van der Waals surface area contributed by atoms with Gasteiger partial charge in [0, 0.05) is 0 Å². The van der Waals surface area contributed by atoms with E-state index in [1.807, 2.05) is 60.0 Å². The van der Waals surface area contributed by atoms with Crippen LogP contribution in [0, 0.1) is 6.92 Å². The zero-order valence-corrected chi connectivity index (χ0v) is 16.6. The van der Waals surface area contributed by atoms with E-state index in [1.165, 1.54) is 4.68 Å². The van der Waals surface area contributed by atoms with Crippen molar-refractivity contribution in [3.8, 4) is 5.75 Å². The largest absolute Gasteiger partial charge is 0.497 e. The monoisotopic (exact) mass is 396 g/mol. The number of ether oxygens (including phenoxy) is 1. The number of nitrogens with zero attached hydrogens (tertiary/aromatic N) is 3. The number of benzene rings is 1. The van der Waals surface area contributed by atoms with Gasteiger partial charge >= 0.3 is 0 Å². The summed E-state index contributed by atoms with van der Waals surface area (Å²) >= 11 is 1.57. The molecule has 0 saturated heterocycles. The van der Waals surface area contributed by atoms with E-state index in [0.29, 0.717) is 11.3 Å². The fraction of sp³-hybridized carbons (Fsp3) is 0.250. The molecule has 28 heavy (non-hydrogen) atoms. The van der Waals surface area contributed by atoms with E-state index < -0.39 is 0 Å². The highest BCUT2D eigenvalue weighted by atomic mass is 32.1. The maximum Gasteiger partial charge on any atom is 0.291 e. The second-order valence-electron chi connectivity index (χ2n) is 6.61. The first-order chi connectivity index (χ1) is 13.5. The van der Waals surface area contributed by atoms with Gasteiger partial charge in [0.25, 0.3) is 5.56 Å². The molecule has 1 atom stereocenters. The molecule has 7 nitrogen and oxygen atoms in total. The van der Waals surface area contributed by atoms with E-state index >= 15 is 0 Å². The van der Waals surface area contributed by atoms with Crippen LogP contribution >= 0.6 is 11.3 Å². The second kappa shape index (κ2) is 7.12. The van der Waals surface area contributed by atoms with E-state index in [1.54, 1.807) is 18.4 Å². The van der Waals surface area contributed by atoms with Crippen LogP contribution in [-0.2, 0) is 11.3 Å². The van der Waals surface area contributed by atoms with Gasteiger partial charge in [-0.05, 0) is 49.1 Å². The fourth-order valence-electron chi connectivity index (χ4n) is 3.33. The van der Waals surface area contributed by atoms with Crippen molar-refractivity contribution in [2.75, 3.05) is 7.11 Å². The molecule has 0 bridgehead atoms. The lowest BCUT2D eigenvalue weighted by molar-refractivity contribution is -0.122. The van der Waals surface area contributed by atoms with Gasteiger partial charge in [-0.3, -0.25) is 14.0 Å². The maximum absolute atomic E-state index is 12.8. The van der Waals surface area contributed by atoms with E-state index in [-0.39, 0.29) is 24.1 Å². The minimum absolute atomic E-state index is 0.129. The highest BCUT2D eigenvalue weighted by molar-refractivity contribution is 7.17. The molecule has 0 aliphatic rings. The number of hydrogen-bond donors (Lipinski definition) is 1. The molecule has 0 fully saturated rings. The second-order valence-corrected chi connectivity index (χ2v) is 7.56. The Labute approximate surface area is 165 Å². The van der Waals surface area contributed by atoms with Crippen molar-refractivity contribution >= 4 is 33.0 Å². The molecule has 0 aliphatic carbocycles. The number of methoxy groups -OCH3 is 1. The van der Waals surface area contributed by atoms with Crippen LogP contribution in [0.1, 0.15) is 24.4 Å². The summed E-state index contributed by atoms with van der Waals surface area (Å²) in [6, 6.07) is 11.1. The summed E-state index contributed by atoms with van der Waals surface area (Å²) in [6.45, 7) is 3.60. The SMILES string of the molecule is COc1ccc([C@@H](C)NC(=O)Cn2nc(C)n3c(cc4sccc43)c2=O)cc1. The van der Waals surface area contributed by atoms with Crippen molar-refractivity contribution < 1.29 is 9.53 Å². The molecule has 3 aromatic heterocycles. The van der Waals surface area contributed by atoms with Crippen molar-refractivity contribution in [1.82, 2.24) is 19.5 Å². The minimum Gasteiger partial charge on any atom is -0.497 e. The number of carbonyl (C=O) groups is 1. The van der Waals surface area contributed by atoms with Crippen LogP contribution < -0.4 is 15.6 Å². The molecule has 1 amide bonds. The summed E-state index contributed by atoms with van der Waals surface area (Å²) in [5, 5.41) is 9.24. The Bertz CT molecular complexity index is 1220. The Hall–Kier alpha value is -3.13. The number of thiophene rings is 1. The summed E-state index contributed by atoms with van der Waals surface area (Å²) < 4.78 is 9.24. The third kappa shape index (κ3) is 3.16. The Morgan fingerprint density at radius 2 is 2.00 bits per heavy atom. The molecule has 0 spiro atoms. The fourth-order valence-corrected chi connectivity index (χ4v) is 4.14. The first kappa shape index (κ1) is 18.2. The molecule has 0 saturated carbocycles. The quantitative estimate of drug-likeness (QED) is 0.563. The number of carbonyl (C=O) groups excluding carboxylic acids is 1. The number of hydrogen-bond acceptors (Lipinski definition) is 5. The van der Waals surface area contributed by atoms with Crippen molar-refractivity contribution in [3.05, 3.63) is 63.5 Å². The van der Waals surface area contributed by atoms with Crippen LogP contribution in [0.25, 0.3) is 15.7 Å². The summed E-state index contributed by atoms with van der Waals surface area (Å²) in [6.07, 6.45) is 0. The maximum atomic E-state index is 12.8. The number of rotatable bonds is 5. The Morgan fingerprint density at radius 3 is 2.71 bits per heavy atom. The first-order valence-electron chi connectivity index (χ1n) is 8.87. The van der Waals surface area contributed by atoms with Crippen molar-refractivity contribution in [2.24, 2.45) is 0 Å². The van der Waals surface area contributed by atoms with Crippen LogP contribution in [0.4, 0.5) is 0 Å². The number of fused-ring (bicyclic) bond motifs is 3. The number of aromatic nitrogens is 3. The molecule has 1 aromatic carbocycles. The van der Waals surface area contributed by atoms with Crippen LogP contribution in [0.5, 0.6) is 5.75 Å². The molecule has 0 aliphatic heterocycles. The van der Waals surface area contributed by atoms with Crippen LogP contribution in [0.3, 0.4) is 0 Å². The lowest BCUT2D eigenvalue weighted by Crippen LogP contribution is -2.36. The zero-order chi connectivity index (χ0) is 19.8. The van der Waals surface area contributed by atoms with Gasteiger partial charge in [-0.1, -0.05) is 12.1 Å². The van der Waals surface area contributed by atoms with Crippen molar-refractivity contribution in [2.45, 2.75) is 26.4 Å².